The zero-order chi connectivity index (χ0) is 23.1. The van der Waals surface area contributed by atoms with Gasteiger partial charge in [-0.25, -0.2) is 8.42 Å². The Kier molecular flexibility index (Phi) is 5.62. The van der Waals surface area contributed by atoms with E-state index in [9.17, 15) is 13.2 Å². The molecule has 0 saturated carbocycles. The molecule has 3 aromatic rings. The van der Waals surface area contributed by atoms with Crippen LogP contribution in [-0.2, 0) is 9.84 Å². The van der Waals surface area contributed by atoms with Crippen molar-refractivity contribution in [3.05, 3.63) is 59.4 Å². The number of nitrogens with one attached hydrogen (secondary N) is 1. The number of carbonyl (C=O) groups excluding carboxylic acids is 1. The molecule has 0 radical (unpaired) electrons. The van der Waals surface area contributed by atoms with Gasteiger partial charge in [-0.05, 0) is 60.0 Å². The topological polar surface area (TPSA) is 107 Å². The molecule has 1 aromatic heterocycles. The number of aromatic nitrogens is 4. The number of benzene rings is 2. The third-order valence-corrected chi connectivity index (χ3v) is 7.64. The number of carbonyl (C=O) groups is 1. The number of aryl methyl sites for hydroxylation is 1. The summed E-state index contributed by atoms with van der Waals surface area (Å²) in [5.41, 5.74) is 3.26. The molecule has 1 N–H and O–H groups in total. The van der Waals surface area contributed by atoms with Gasteiger partial charge in [-0.1, -0.05) is 43.7 Å². The molecule has 0 bridgehead atoms. The maximum absolute atomic E-state index is 13.2. The van der Waals surface area contributed by atoms with Crippen LogP contribution >= 0.6 is 0 Å². The summed E-state index contributed by atoms with van der Waals surface area (Å²) in [5.74, 6) is 0.486. The van der Waals surface area contributed by atoms with Crippen LogP contribution in [0.25, 0.3) is 16.8 Å². The third-order valence-electron chi connectivity index (χ3n) is 5.74. The summed E-state index contributed by atoms with van der Waals surface area (Å²) in [6.45, 7) is 7.80. The monoisotopic (exact) mass is 453 g/mol. The van der Waals surface area contributed by atoms with E-state index < -0.39 is 15.4 Å². The lowest BCUT2D eigenvalue weighted by Crippen LogP contribution is -2.46. The van der Waals surface area contributed by atoms with Crippen molar-refractivity contribution in [1.29, 1.82) is 0 Å². The fourth-order valence-corrected chi connectivity index (χ4v) is 6.06. The number of amides is 1. The van der Waals surface area contributed by atoms with Gasteiger partial charge in [0, 0.05) is 11.5 Å². The highest BCUT2D eigenvalue weighted by Gasteiger charge is 2.39. The van der Waals surface area contributed by atoms with Crippen LogP contribution in [0.5, 0.6) is 0 Å². The minimum atomic E-state index is -3.14. The van der Waals surface area contributed by atoms with Gasteiger partial charge >= 0.3 is 0 Å². The van der Waals surface area contributed by atoms with E-state index in [1.165, 1.54) is 0 Å². The lowest BCUT2D eigenvalue weighted by Gasteiger charge is -2.24. The molecule has 2 heterocycles. The molecule has 32 heavy (non-hydrogen) atoms. The Morgan fingerprint density at radius 2 is 1.84 bits per heavy atom. The van der Waals surface area contributed by atoms with E-state index >= 15 is 0 Å². The predicted octanol–water partition coefficient (Wildman–Crippen LogP) is 3.07. The van der Waals surface area contributed by atoms with Gasteiger partial charge in [-0.15, -0.1) is 5.10 Å². The van der Waals surface area contributed by atoms with Crippen LogP contribution in [-0.4, -0.2) is 51.6 Å². The molecule has 0 aliphatic carbocycles. The summed E-state index contributed by atoms with van der Waals surface area (Å²) in [6.07, 6.45) is 0.399. The highest BCUT2D eigenvalue weighted by Crippen LogP contribution is 2.28. The molecular formula is C23H27N5O3S. The highest BCUT2D eigenvalue weighted by atomic mass is 32.2. The van der Waals surface area contributed by atoms with Crippen LogP contribution in [0.15, 0.2) is 42.5 Å². The van der Waals surface area contributed by atoms with Crippen molar-refractivity contribution in [3.63, 3.8) is 0 Å². The fraction of sp³-hybridized carbons (Fsp3) is 0.391. The molecular weight excluding hydrogens is 426 g/mol. The van der Waals surface area contributed by atoms with Gasteiger partial charge in [0.1, 0.15) is 0 Å². The third kappa shape index (κ3) is 4.57. The second kappa shape index (κ2) is 8.12. The van der Waals surface area contributed by atoms with E-state index in [-0.39, 0.29) is 23.3 Å². The Bertz CT molecular complexity index is 1270. The largest absolute Gasteiger partial charge is 0.346 e. The van der Waals surface area contributed by atoms with Crippen molar-refractivity contribution in [2.75, 3.05) is 11.5 Å². The molecule has 4 rings (SSSR count). The SMILES string of the molecule is Cc1ccc(-c2cc(C(=O)NC3(C)CCS(=O)(=O)C3)cc(-n3nnnc3C(C)C)c2)cc1. The molecule has 1 atom stereocenters. The highest BCUT2D eigenvalue weighted by molar-refractivity contribution is 7.91. The van der Waals surface area contributed by atoms with Crippen molar-refractivity contribution in [2.24, 2.45) is 0 Å². The molecule has 1 aliphatic rings. The smallest absolute Gasteiger partial charge is 0.251 e. The lowest BCUT2D eigenvalue weighted by molar-refractivity contribution is 0.0915. The molecule has 1 aliphatic heterocycles. The Morgan fingerprint density at radius 1 is 1.12 bits per heavy atom. The minimum Gasteiger partial charge on any atom is -0.346 e. The molecule has 2 aromatic carbocycles. The number of tetrazole rings is 1. The maximum atomic E-state index is 13.2. The molecule has 1 unspecified atom stereocenters. The minimum absolute atomic E-state index is 0.0548. The molecule has 1 amide bonds. The average Bonchev–Trinajstić information content (AvgIpc) is 3.32. The molecule has 9 heteroatoms. The summed E-state index contributed by atoms with van der Waals surface area (Å²) in [5, 5.41) is 15.0. The van der Waals surface area contributed by atoms with Crippen molar-refractivity contribution in [1.82, 2.24) is 25.5 Å². The van der Waals surface area contributed by atoms with Crippen LogP contribution < -0.4 is 5.32 Å². The van der Waals surface area contributed by atoms with Crippen LogP contribution in [0.1, 0.15) is 54.9 Å². The molecule has 1 saturated heterocycles. The van der Waals surface area contributed by atoms with Crippen molar-refractivity contribution in [2.45, 2.75) is 45.6 Å². The average molecular weight is 454 g/mol. The Morgan fingerprint density at radius 3 is 2.47 bits per heavy atom. The molecule has 8 nitrogen and oxygen atoms in total. The van der Waals surface area contributed by atoms with E-state index in [1.807, 2.05) is 57.2 Å². The van der Waals surface area contributed by atoms with Gasteiger partial charge in [0.2, 0.25) is 0 Å². The predicted molar refractivity (Wildman–Crippen MR) is 123 cm³/mol. The van der Waals surface area contributed by atoms with Crippen molar-refractivity contribution >= 4 is 15.7 Å². The zero-order valence-electron chi connectivity index (χ0n) is 18.7. The van der Waals surface area contributed by atoms with Crippen LogP contribution in [0.3, 0.4) is 0 Å². The van der Waals surface area contributed by atoms with Gasteiger partial charge in [0.15, 0.2) is 15.7 Å². The van der Waals surface area contributed by atoms with Crippen molar-refractivity contribution in [3.8, 4) is 16.8 Å². The second-order valence-electron chi connectivity index (χ2n) is 9.09. The van der Waals surface area contributed by atoms with Crippen molar-refractivity contribution < 1.29 is 13.2 Å². The summed E-state index contributed by atoms with van der Waals surface area (Å²) in [6, 6.07) is 13.5. The first-order valence-electron chi connectivity index (χ1n) is 10.6. The number of rotatable bonds is 5. The van der Waals surface area contributed by atoms with Crippen LogP contribution in [0, 0.1) is 6.92 Å². The second-order valence-corrected chi connectivity index (χ2v) is 11.3. The number of hydrogen-bond acceptors (Lipinski definition) is 6. The summed E-state index contributed by atoms with van der Waals surface area (Å²) >= 11 is 0. The van der Waals surface area contributed by atoms with E-state index in [2.05, 4.69) is 20.8 Å². The normalized spacial score (nSPS) is 19.9. The molecule has 168 valence electrons. The number of sulfone groups is 1. The van der Waals surface area contributed by atoms with Gasteiger partial charge in [0.05, 0.1) is 22.7 Å². The van der Waals surface area contributed by atoms with E-state index in [4.69, 9.17) is 0 Å². The quantitative estimate of drug-likeness (QED) is 0.636. The van der Waals surface area contributed by atoms with Gasteiger partial charge < -0.3 is 5.32 Å². The number of nitrogens with zero attached hydrogens (tertiary/aromatic N) is 4. The van der Waals surface area contributed by atoms with E-state index in [1.54, 1.807) is 17.7 Å². The first kappa shape index (κ1) is 22.1. The summed E-state index contributed by atoms with van der Waals surface area (Å²) in [7, 11) is -3.14. The first-order chi connectivity index (χ1) is 15.1. The van der Waals surface area contributed by atoms with Crippen LogP contribution in [0.2, 0.25) is 0 Å². The number of hydrogen-bond donors (Lipinski definition) is 1. The maximum Gasteiger partial charge on any atom is 0.251 e. The van der Waals surface area contributed by atoms with Gasteiger partial charge in [-0.3, -0.25) is 4.79 Å². The molecule has 0 spiro atoms. The fourth-order valence-electron chi connectivity index (χ4n) is 3.97. The Hall–Kier alpha value is -3.07. The first-order valence-corrected chi connectivity index (χ1v) is 12.4. The summed E-state index contributed by atoms with van der Waals surface area (Å²) < 4.78 is 25.6. The Labute approximate surface area is 188 Å². The molecule has 1 fully saturated rings. The van der Waals surface area contributed by atoms with Gasteiger partial charge in [0.25, 0.3) is 5.91 Å². The van der Waals surface area contributed by atoms with Gasteiger partial charge in [-0.2, -0.15) is 4.68 Å². The summed E-state index contributed by atoms with van der Waals surface area (Å²) in [4.78, 5) is 13.2. The Balaban J connectivity index is 1.77. The van der Waals surface area contributed by atoms with E-state index in [0.717, 1.165) is 16.7 Å². The lowest BCUT2D eigenvalue weighted by atomic mass is 9.98. The zero-order valence-corrected chi connectivity index (χ0v) is 19.5. The standard InChI is InChI=1S/C23H27N5O3S/c1-15(2)21-25-26-27-28(21)20-12-18(17-7-5-16(3)6-8-17)11-19(13-20)22(29)24-23(4)9-10-32(30,31)14-23/h5-8,11-13,15H,9-10,14H2,1-4H3,(H,24,29). The van der Waals surface area contributed by atoms with Crippen LogP contribution in [0.4, 0.5) is 0 Å². The van der Waals surface area contributed by atoms with E-state index in [0.29, 0.717) is 23.5 Å².